The summed E-state index contributed by atoms with van der Waals surface area (Å²) >= 11 is 1.88. The molecule has 1 aliphatic rings. The molecule has 1 aromatic carbocycles. The summed E-state index contributed by atoms with van der Waals surface area (Å²) in [5, 5.41) is 9.02. The van der Waals surface area contributed by atoms with Crippen LogP contribution in [0.15, 0.2) is 34.6 Å². The Morgan fingerprint density at radius 1 is 1.21 bits per heavy atom. The van der Waals surface area contributed by atoms with Gasteiger partial charge in [-0.3, -0.25) is 9.89 Å². The molecule has 1 atom stereocenters. The first-order chi connectivity index (χ1) is 13.6. The molecule has 0 fully saturated rings. The third kappa shape index (κ3) is 4.97. The third-order valence-electron chi connectivity index (χ3n) is 5.16. The predicted molar refractivity (Wildman–Crippen MR) is 116 cm³/mol. The van der Waals surface area contributed by atoms with E-state index in [2.05, 4.69) is 38.9 Å². The van der Waals surface area contributed by atoms with Crippen LogP contribution in [0.3, 0.4) is 0 Å². The monoisotopic (exact) mass is 402 g/mol. The summed E-state index contributed by atoms with van der Waals surface area (Å²) < 4.78 is 10.7. The van der Waals surface area contributed by atoms with Crippen LogP contribution in [0.2, 0.25) is 0 Å². The molecule has 152 valence electrons. The van der Waals surface area contributed by atoms with Crippen LogP contribution in [-0.4, -0.2) is 51.3 Å². The van der Waals surface area contributed by atoms with Crippen LogP contribution in [-0.2, 0) is 19.5 Å². The van der Waals surface area contributed by atoms with Crippen LogP contribution >= 0.6 is 11.3 Å². The average Bonchev–Trinajstić information content (AvgIpc) is 3.21. The van der Waals surface area contributed by atoms with Crippen molar-refractivity contribution in [3.8, 4) is 11.5 Å². The Bertz CT molecular complexity index is 805. The highest BCUT2D eigenvalue weighted by Crippen LogP contribution is 2.27. The predicted octanol–water partition coefficient (Wildman–Crippen LogP) is 2.88. The Labute approximate surface area is 171 Å². The Kier molecular flexibility index (Phi) is 7.17. The fourth-order valence-corrected chi connectivity index (χ4v) is 4.31. The summed E-state index contributed by atoms with van der Waals surface area (Å²) in [6.07, 6.45) is 1.16. The number of nitrogens with zero attached hydrogens (tertiary/aromatic N) is 2. The number of nitrogens with one attached hydrogen (secondary N) is 2. The van der Waals surface area contributed by atoms with Crippen LogP contribution < -0.4 is 20.1 Å². The molecule has 6 nitrogen and oxygen atoms in total. The number of guanidine groups is 1. The van der Waals surface area contributed by atoms with Gasteiger partial charge in [0.25, 0.3) is 0 Å². The van der Waals surface area contributed by atoms with Crippen LogP contribution in [0, 0.1) is 0 Å². The summed E-state index contributed by atoms with van der Waals surface area (Å²) in [5.74, 6) is 2.27. The molecule has 1 unspecified atom stereocenters. The summed E-state index contributed by atoms with van der Waals surface area (Å²) in [6.45, 7) is 5.95. The zero-order valence-electron chi connectivity index (χ0n) is 17.1. The Balaban J connectivity index is 1.48. The highest BCUT2D eigenvalue weighted by atomic mass is 32.1. The number of rotatable bonds is 7. The molecular weight excluding hydrogens is 372 g/mol. The first kappa shape index (κ1) is 20.5. The fourth-order valence-electron chi connectivity index (χ4n) is 3.42. The van der Waals surface area contributed by atoms with E-state index in [0.717, 1.165) is 49.1 Å². The second-order valence-corrected chi connectivity index (χ2v) is 7.94. The maximum absolute atomic E-state index is 5.37. The van der Waals surface area contributed by atoms with Gasteiger partial charge >= 0.3 is 0 Å². The Hall–Kier alpha value is -2.25. The summed E-state index contributed by atoms with van der Waals surface area (Å²) in [6, 6.07) is 8.62. The van der Waals surface area contributed by atoms with Crippen molar-refractivity contribution in [2.45, 2.75) is 32.5 Å². The van der Waals surface area contributed by atoms with E-state index in [1.165, 1.54) is 5.56 Å². The van der Waals surface area contributed by atoms with Gasteiger partial charge in [-0.15, -0.1) is 11.3 Å². The lowest BCUT2D eigenvalue weighted by molar-refractivity contribution is 0.192. The lowest BCUT2D eigenvalue weighted by atomic mass is 10.1. The van der Waals surface area contributed by atoms with Crippen molar-refractivity contribution in [1.82, 2.24) is 15.5 Å². The number of thiophene rings is 1. The van der Waals surface area contributed by atoms with Crippen molar-refractivity contribution in [1.29, 1.82) is 0 Å². The molecule has 1 aromatic heterocycles. The molecule has 0 spiro atoms. The molecule has 3 rings (SSSR count). The zero-order chi connectivity index (χ0) is 19.9. The normalized spacial score (nSPS) is 15.6. The zero-order valence-corrected chi connectivity index (χ0v) is 17.9. The molecule has 2 N–H and O–H groups in total. The molecular formula is C21H30N4O2S. The summed E-state index contributed by atoms with van der Waals surface area (Å²) in [5.41, 5.74) is 2.59. The van der Waals surface area contributed by atoms with Crippen molar-refractivity contribution in [2.24, 2.45) is 4.99 Å². The smallest absolute Gasteiger partial charge is 0.191 e. The standard InChI is InChI=1S/C21H30N4O2S/c1-15(25-9-7-20-17(14-25)8-10-28-20)12-23-21(22-2)24-13-16-5-6-18(26-3)19(11-16)27-4/h5-6,8,10-11,15H,7,9,12-14H2,1-4H3,(H2,22,23,24). The van der Waals surface area contributed by atoms with Gasteiger partial charge in [-0.2, -0.15) is 0 Å². The topological polar surface area (TPSA) is 58.1 Å². The van der Waals surface area contributed by atoms with Gasteiger partial charge < -0.3 is 20.1 Å². The number of methoxy groups -OCH3 is 2. The first-order valence-corrected chi connectivity index (χ1v) is 10.5. The van der Waals surface area contributed by atoms with Crippen LogP contribution in [0.25, 0.3) is 0 Å². The van der Waals surface area contributed by atoms with E-state index in [0.29, 0.717) is 12.6 Å². The minimum Gasteiger partial charge on any atom is -0.493 e. The van der Waals surface area contributed by atoms with E-state index < -0.39 is 0 Å². The molecule has 0 amide bonds. The van der Waals surface area contributed by atoms with Gasteiger partial charge in [-0.05, 0) is 48.1 Å². The maximum Gasteiger partial charge on any atom is 0.191 e. The third-order valence-corrected chi connectivity index (χ3v) is 6.18. The molecule has 0 saturated carbocycles. The van der Waals surface area contributed by atoms with Gasteiger partial charge in [0.2, 0.25) is 0 Å². The van der Waals surface area contributed by atoms with Crippen LogP contribution in [0.4, 0.5) is 0 Å². The lowest BCUT2D eigenvalue weighted by Crippen LogP contribution is -2.47. The summed E-state index contributed by atoms with van der Waals surface area (Å²) in [4.78, 5) is 8.42. The first-order valence-electron chi connectivity index (χ1n) is 9.59. The van der Waals surface area contributed by atoms with Crippen molar-refractivity contribution in [2.75, 3.05) is 34.4 Å². The van der Waals surface area contributed by atoms with Crippen molar-refractivity contribution in [3.63, 3.8) is 0 Å². The Morgan fingerprint density at radius 3 is 2.79 bits per heavy atom. The van der Waals surface area contributed by atoms with Gasteiger partial charge in [0.15, 0.2) is 17.5 Å². The van der Waals surface area contributed by atoms with E-state index in [1.807, 2.05) is 29.5 Å². The molecule has 0 aliphatic carbocycles. The van der Waals surface area contributed by atoms with Gasteiger partial charge in [0, 0.05) is 44.1 Å². The molecule has 28 heavy (non-hydrogen) atoms. The van der Waals surface area contributed by atoms with Gasteiger partial charge in [-0.1, -0.05) is 6.07 Å². The molecule has 0 bridgehead atoms. The molecule has 0 radical (unpaired) electrons. The molecule has 0 saturated heterocycles. The van der Waals surface area contributed by atoms with Gasteiger partial charge in [0.05, 0.1) is 14.2 Å². The minimum atomic E-state index is 0.438. The maximum atomic E-state index is 5.37. The van der Waals surface area contributed by atoms with E-state index in [-0.39, 0.29) is 0 Å². The van der Waals surface area contributed by atoms with E-state index in [4.69, 9.17) is 9.47 Å². The number of ether oxygens (including phenoxy) is 2. The average molecular weight is 403 g/mol. The highest BCUT2D eigenvalue weighted by molar-refractivity contribution is 7.10. The lowest BCUT2D eigenvalue weighted by Gasteiger charge is -2.32. The number of aliphatic imine (C=N–C) groups is 1. The Morgan fingerprint density at radius 2 is 2.04 bits per heavy atom. The highest BCUT2D eigenvalue weighted by Gasteiger charge is 2.21. The number of hydrogen-bond donors (Lipinski definition) is 2. The number of benzene rings is 1. The van der Waals surface area contributed by atoms with Crippen LogP contribution in [0.5, 0.6) is 11.5 Å². The largest absolute Gasteiger partial charge is 0.493 e. The van der Waals surface area contributed by atoms with E-state index in [1.54, 1.807) is 26.1 Å². The second kappa shape index (κ2) is 9.80. The fraction of sp³-hybridized carbons (Fsp3) is 0.476. The van der Waals surface area contributed by atoms with E-state index >= 15 is 0 Å². The molecule has 2 aromatic rings. The van der Waals surface area contributed by atoms with Gasteiger partial charge in [-0.25, -0.2) is 0 Å². The molecule has 7 heteroatoms. The molecule has 2 heterocycles. The number of fused-ring (bicyclic) bond motifs is 1. The van der Waals surface area contributed by atoms with E-state index in [9.17, 15) is 0 Å². The van der Waals surface area contributed by atoms with Crippen molar-refractivity contribution >= 4 is 17.3 Å². The number of hydrogen-bond acceptors (Lipinski definition) is 5. The minimum absolute atomic E-state index is 0.438. The summed E-state index contributed by atoms with van der Waals surface area (Å²) in [7, 11) is 5.09. The second-order valence-electron chi connectivity index (χ2n) is 6.93. The van der Waals surface area contributed by atoms with Crippen LogP contribution in [0.1, 0.15) is 22.9 Å². The van der Waals surface area contributed by atoms with Crippen molar-refractivity contribution in [3.05, 3.63) is 45.6 Å². The molecule has 1 aliphatic heterocycles. The van der Waals surface area contributed by atoms with Gasteiger partial charge in [0.1, 0.15) is 0 Å². The SMILES string of the molecule is CN=C(NCc1ccc(OC)c(OC)c1)NCC(C)N1CCc2sccc2C1. The van der Waals surface area contributed by atoms with Crippen molar-refractivity contribution < 1.29 is 9.47 Å². The quantitative estimate of drug-likeness (QED) is 0.551.